The Morgan fingerprint density at radius 2 is 1.88 bits per heavy atom. The molecule has 1 spiro atoms. The van der Waals surface area contributed by atoms with Gasteiger partial charge in [0.1, 0.15) is 0 Å². The largest absolute Gasteiger partial charge is 0.490 e. The molecule has 0 saturated carbocycles. The molecule has 2 aromatic heterocycles. The first kappa shape index (κ1) is 24.1. The van der Waals surface area contributed by atoms with Crippen LogP contribution in [0.3, 0.4) is 0 Å². The Bertz CT molecular complexity index is 885. The third-order valence-electron chi connectivity index (χ3n) is 5.39. The molecule has 1 amide bonds. The molecule has 0 bridgehead atoms. The predicted molar refractivity (Wildman–Crippen MR) is 111 cm³/mol. The van der Waals surface area contributed by atoms with Gasteiger partial charge in [-0.2, -0.15) is 13.2 Å². The third kappa shape index (κ3) is 6.50. The standard InChI is InChI=1S/C19H23N3O2S.C2HF3O2/c23-18(17-5-3-13-25-17)22-11-12-24-19(15-22)6-9-21(10-7-19)14-16-4-1-2-8-20-16;3-2(4,5)1(6)7/h1-5,8,13H,6-7,9-12,14-15H2;(H,6,7). The number of carboxylic acids is 1. The van der Waals surface area contributed by atoms with Gasteiger partial charge in [0, 0.05) is 32.4 Å². The van der Waals surface area contributed by atoms with Gasteiger partial charge in [0.2, 0.25) is 0 Å². The Morgan fingerprint density at radius 3 is 2.44 bits per heavy atom. The van der Waals surface area contributed by atoms with Gasteiger partial charge in [0.05, 0.1) is 29.3 Å². The van der Waals surface area contributed by atoms with Gasteiger partial charge < -0.3 is 14.7 Å². The summed E-state index contributed by atoms with van der Waals surface area (Å²) in [6.45, 7) is 4.89. The number of amides is 1. The molecule has 0 unspecified atom stereocenters. The maximum atomic E-state index is 12.7. The van der Waals surface area contributed by atoms with Gasteiger partial charge in [-0.15, -0.1) is 11.3 Å². The normalized spacial score (nSPS) is 18.7. The van der Waals surface area contributed by atoms with E-state index in [9.17, 15) is 18.0 Å². The molecule has 4 rings (SSSR count). The molecule has 2 aliphatic heterocycles. The average Bonchev–Trinajstić information content (AvgIpc) is 3.31. The molecule has 11 heteroatoms. The first-order valence-electron chi connectivity index (χ1n) is 10.1. The molecule has 2 fully saturated rings. The van der Waals surface area contributed by atoms with Gasteiger partial charge in [-0.05, 0) is 36.4 Å². The minimum absolute atomic E-state index is 0.147. The lowest BCUT2D eigenvalue weighted by atomic mass is 9.89. The van der Waals surface area contributed by atoms with Crippen LogP contribution < -0.4 is 0 Å². The van der Waals surface area contributed by atoms with Gasteiger partial charge in [0.15, 0.2) is 0 Å². The Morgan fingerprint density at radius 1 is 1.16 bits per heavy atom. The van der Waals surface area contributed by atoms with Crippen LogP contribution in [0.4, 0.5) is 13.2 Å². The Hall–Kier alpha value is -2.50. The Labute approximate surface area is 187 Å². The fourth-order valence-electron chi connectivity index (χ4n) is 3.72. The van der Waals surface area contributed by atoms with Crippen molar-refractivity contribution < 1.29 is 32.6 Å². The summed E-state index contributed by atoms with van der Waals surface area (Å²) in [5.41, 5.74) is 0.934. The number of likely N-dealkylation sites (tertiary alicyclic amines) is 1. The van der Waals surface area contributed by atoms with Gasteiger partial charge in [0.25, 0.3) is 5.91 Å². The summed E-state index contributed by atoms with van der Waals surface area (Å²) in [6.07, 6.45) is -1.30. The molecule has 1 N–H and O–H groups in total. The van der Waals surface area contributed by atoms with Crippen molar-refractivity contribution in [3.8, 4) is 0 Å². The third-order valence-corrected chi connectivity index (χ3v) is 6.25. The zero-order valence-electron chi connectivity index (χ0n) is 17.3. The maximum Gasteiger partial charge on any atom is 0.490 e. The first-order chi connectivity index (χ1) is 15.2. The highest BCUT2D eigenvalue weighted by Crippen LogP contribution is 2.31. The van der Waals surface area contributed by atoms with Crippen molar-refractivity contribution in [1.29, 1.82) is 0 Å². The number of morpholine rings is 1. The molecule has 2 saturated heterocycles. The summed E-state index contributed by atoms with van der Waals surface area (Å²) < 4.78 is 37.9. The number of hydrogen-bond donors (Lipinski definition) is 1. The summed E-state index contributed by atoms with van der Waals surface area (Å²) in [6, 6.07) is 9.90. The molecule has 0 aliphatic carbocycles. The summed E-state index contributed by atoms with van der Waals surface area (Å²) in [4.78, 5) is 31.2. The van der Waals surface area contributed by atoms with Gasteiger partial charge in [-0.3, -0.25) is 14.7 Å². The number of pyridine rings is 1. The predicted octanol–water partition coefficient (Wildman–Crippen LogP) is 3.28. The number of rotatable bonds is 3. The molecule has 0 atom stereocenters. The van der Waals surface area contributed by atoms with E-state index < -0.39 is 12.1 Å². The number of carbonyl (C=O) groups is 2. The SMILES string of the molecule is O=C(O)C(F)(F)F.O=C(c1cccs1)N1CCOC2(CCN(Cc3ccccn3)CC2)C1. The molecule has 2 aliphatic rings. The van der Waals surface area contributed by atoms with E-state index in [1.165, 1.54) is 11.3 Å². The lowest BCUT2D eigenvalue weighted by Gasteiger charge is -2.47. The second-order valence-corrected chi connectivity index (χ2v) is 8.58. The zero-order valence-corrected chi connectivity index (χ0v) is 18.1. The fourth-order valence-corrected chi connectivity index (χ4v) is 4.41. The van der Waals surface area contributed by atoms with Gasteiger partial charge in [-0.1, -0.05) is 12.1 Å². The van der Waals surface area contributed by atoms with Crippen LogP contribution in [0, 0.1) is 0 Å². The average molecular weight is 472 g/mol. The van der Waals surface area contributed by atoms with E-state index in [0.717, 1.165) is 43.0 Å². The second kappa shape index (κ2) is 10.4. The van der Waals surface area contributed by atoms with Crippen molar-refractivity contribution in [2.75, 3.05) is 32.8 Å². The molecule has 32 heavy (non-hydrogen) atoms. The van der Waals surface area contributed by atoms with Gasteiger partial charge >= 0.3 is 12.1 Å². The zero-order chi connectivity index (χ0) is 23.2. The van der Waals surface area contributed by atoms with Crippen molar-refractivity contribution in [2.24, 2.45) is 0 Å². The highest BCUT2D eigenvalue weighted by Gasteiger charge is 2.41. The van der Waals surface area contributed by atoms with Crippen LogP contribution in [0.25, 0.3) is 0 Å². The van der Waals surface area contributed by atoms with Crippen molar-refractivity contribution in [2.45, 2.75) is 31.2 Å². The van der Waals surface area contributed by atoms with E-state index in [-0.39, 0.29) is 11.5 Å². The Balaban J connectivity index is 0.000000360. The molecule has 0 radical (unpaired) electrons. The number of alkyl halides is 3. The number of aliphatic carboxylic acids is 1. The second-order valence-electron chi connectivity index (χ2n) is 7.64. The summed E-state index contributed by atoms with van der Waals surface area (Å²) in [5.74, 6) is -2.61. The van der Waals surface area contributed by atoms with Crippen molar-refractivity contribution in [1.82, 2.24) is 14.8 Å². The minimum atomic E-state index is -5.08. The highest BCUT2D eigenvalue weighted by atomic mass is 32.1. The smallest absolute Gasteiger partial charge is 0.475 e. The lowest BCUT2D eigenvalue weighted by molar-refractivity contribution is -0.192. The topological polar surface area (TPSA) is 83.0 Å². The molecule has 7 nitrogen and oxygen atoms in total. The van der Waals surface area contributed by atoms with E-state index in [4.69, 9.17) is 14.6 Å². The van der Waals surface area contributed by atoms with Crippen LogP contribution in [0.5, 0.6) is 0 Å². The van der Waals surface area contributed by atoms with Crippen LogP contribution in [0.15, 0.2) is 41.9 Å². The number of halogens is 3. The number of piperidine rings is 1. The number of thiophene rings is 1. The van der Waals surface area contributed by atoms with Crippen LogP contribution >= 0.6 is 11.3 Å². The fraction of sp³-hybridized carbons (Fsp3) is 0.476. The van der Waals surface area contributed by atoms with Gasteiger partial charge in [-0.25, -0.2) is 4.79 Å². The van der Waals surface area contributed by atoms with E-state index in [1.54, 1.807) is 0 Å². The van der Waals surface area contributed by atoms with Crippen LogP contribution in [0.2, 0.25) is 0 Å². The molecule has 0 aromatic carbocycles. The van der Waals surface area contributed by atoms with E-state index in [1.807, 2.05) is 40.7 Å². The van der Waals surface area contributed by atoms with Crippen molar-refractivity contribution in [3.63, 3.8) is 0 Å². The quantitative estimate of drug-likeness (QED) is 0.740. The highest BCUT2D eigenvalue weighted by molar-refractivity contribution is 7.12. The summed E-state index contributed by atoms with van der Waals surface area (Å²) in [5, 5.41) is 9.08. The van der Waals surface area contributed by atoms with E-state index >= 15 is 0 Å². The summed E-state index contributed by atoms with van der Waals surface area (Å²) >= 11 is 1.51. The van der Waals surface area contributed by atoms with Crippen LogP contribution in [0.1, 0.15) is 28.2 Å². The first-order valence-corrected chi connectivity index (χ1v) is 11.0. The lowest BCUT2D eigenvalue weighted by Crippen LogP contribution is -2.57. The molecule has 4 heterocycles. The van der Waals surface area contributed by atoms with Crippen LogP contribution in [-0.2, 0) is 16.1 Å². The molecule has 174 valence electrons. The number of carbonyl (C=O) groups excluding carboxylic acids is 1. The number of carboxylic acid groups (broad SMARTS) is 1. The summed E-state index contributed by atoms with van der Waals surface area (Å²) in [7, 11) is 0. The van der Waals surface area contributed by atoms with E-state index in [0.29, 0.717) is 19.7 Å². The number of aromatic nitrogens is 1. The maximum absolute atomic E-state index is 12.7. The Kier molecular flexibility index (Phi) is 7.86. The minimum Gasteiger partial charge on any atom is -0.475 e. The van der Waals surface area contributed by atoms with Crippen molar-refractivity contribution in [3.05, 3.63) is 52.5 Å². The van der Waals surface area contributed by atoms with E-state index in [2.05, 4.69) is 16.0 Å². The molecule has 2 aromatic rings. The molecular weight excluding hydrogens is 447 g/mol. The molecular formula is C21H24F3N3O4S. The monoisotopic (exact) mass is 471 g/mol. The van der Waals surface area contributed by atoms with Crippen molar-refractivity contribution >= 4 is 23.2 Å². The number of nitrogens with zero attached hydrogens (tertiary/aromatic N) is 3. The number of hydrogen-bond acceptors (Lipinski definition) is 6. The number of ether oxygens (including phenoxy) is 1. The van der Waals surface area contributed by atoms with Crippen LogP contribution in [-0.4, -0.2) is 76.3 Å².